The van der Waals surface area contributed by atoms with Gasteiger partial charge in [0.25, 0.3) is 0 Å². The van der Waals surface area contributed by atoms with Crippen LogP contribution in [0, 0.1) is 5.92 Å². The van der Waals surface area contributed by atoms with Crippen LogP contribution >= 0.6 is 22.9 Å². The number of halogens is 1. The molecule has 2 aromatic heterocycles. The van der Waals surface area contributed by atoms with E-state index in [2.05, 4.69) is 23.8 Å². The standard InChI is InChI=1S/C13H18ClN3S/c1-8(2)3-9(5-15)13-16-6-11(17-13)10-4-12(14)18-7-10/h4,6-9H,3,5,15H2,1-2H3,(H,16,17). The van der Waals surface area contributed by atoms with Gasteiger partial charge in [0, 0.05) is 23.4 Å². The van der Waals surface area contributed by atoms with Gasteiger partial charge in [0.15, 0.2) is 0 Å². The molecule has 0 radical (unpaired) electrons. The highest BCUT2D eigenvalue weighted by Gasteiger charge is 2.15. The smallest absolute Gasteiger partial charge is 0.110 e. The van der Waals surface area contributed by atoms with Crippen LogP contribution in [-0.4, -0.2) is 16.5 Å². The molecule has 0 saturated heterocycles. The first-order chi connectivity index (χ1) is 8.60. The molecule has 18 heavy (non-hydrogen) atoms. The van der Waals surface area contributed by atoms with Crippen molar-refractivity contribution in [2.24, 2.45) is 11.7 Å². The molecule has 0 fully saturated rings. The normalized spacial score (nSPS) is 13.2. The summed E-state index contributed by atoms with van der Waals surface area (Å²) in [5, 5.41) is 2.03. The Morgan fingerprint density at radius 1 is 1.50 bits per heavy atom. The highest BCUT2D eigenvalue weighted by molar-refractivity contribution is 7.14. The van der Waals surface area contributed by atoms with Crippen LogP contribution < -0.4 is 5.73 Å². The molecule has 0 aromatic carbocycles. The molecule has 1 atom stereocenters. The predicted molar refractivity (Wildman–Crippen MR) is 78.2 cm³/mol. The summed E-state index contributed by atoms with van der Waals surface area (Å²) in [5.74, 6) is 1.89. The largest absolute Gasteiger partial charge is 0.342 e. The van der Waals surface area contributed by atoms with Crippen LogP contribution in [-0.2, 0) is 0 Å². The van der Waals surface area contributed by atoms with Crippen molar-refractivity contribution in [2.45, 2.75) is 26.2 Å². The van der Waals surface area contributed by atoms with Crippen LogP contribution in [0.1, 0.15) is 32.0 Å². The maximum Gasteiger partial charge on any atom is 0.110 e. The van der Waals surface area contributed by atoms with E-state index >= 15 is 0 Å². The molecule has 98 valence electrons. The SMILES string of the molecule is CC(C)CC(CN)c1ncc(-c2csc(Cl)c2)[nH]1. The molecule has 1 unspecified atom stereocenters. The van der Waals surface area contributed by atoms with E-state index < -0.39 is 0 Å². The van der Waals surface area contributed by atoms with Crippen LogP contribution in [0.15, 0.2) is 17.6 Å². The van der Waals surface area contributed by atoms with Gasteiger partial charge in [-0.3, -0.25) is 0 Å². The molecule has 2 rings (SSSR count). The molecule has 0 spiro atoms. The van der Waals surface area contributed by atoms with Gasteiger partial charge in [-0.15, -0.1) is 11.3 Å². The number of hydrogen-bond donors (Lipinski definition) is 2. The predicted octanol–water partition coefficient (Wildman–Crippen LogP) is 3.88. The first kappa shape index (κ1) is 13.6. The Labute approximate surface area is 116 Å². The van der Waals surface area contributed by atoms with E-state index in [1.165, 1.54) is 11.3 Å². The zero-order chi connectivity index (χ0) is 13.1. The maximum absolute atomic E-state index is 5.94. The Morgan fingerprint density at radius 3 is 2.83 bits per heavy atom. The molecule has 0 aliphatic rings. The van der Waals surface area contributed by atoms with E-state index in [4.69, 9.17) is 17.3 Å². The summed E-state index contributed by atoms with van der Waals surface area (Å²) in [6.07, 6.45) is 2.91. The van der Waals surface area contributed by atoms with Gasteiger partial charge in [0.2, 0.25) is 0 Å². The van der Waals surface area contributed by atoms with Crippen LogP contribution in [0.4, 0.5) is 0 Å². The molecule has 0 saturated carbocycles. The van der Waals surface area contributed by atoms with Crippen molar-refractivity contribution in [2.75, 3.05) is 6.54 Å². The Hall–Kier alpha value is -0.840. The Bertz CT molecular complexity index is 504. The molecule has 3 N–H and O–H groups in total. The van der Waals surface area contributed by atoms with Crippen molar-refractivity contribution >= 4 is 22.9 Å². The summed E-state index contributed by atoms with van der Waals surface area (Å²) < 4.78 is 0.790. The maximum atomic E-state index is 5.94. The summed E-state index contributed by atoms with van der Waals surface area (Å²) in [6, 6.07) is 1.95. The van der Waals surface area contributed by atoms with E-state index in [0.29, 0.717) is 18.4 Å². The first-order valence-corrected chi connectivity index (χ1v) is 7.35. The number of aromatic nitrogens is 2. The third kappa shape index (κ3) is 3.13. The lowest BCUT2D eigenvalue weighted by atomic mass is 9.97. The Morgan fingerprint density at radius 2 is 2.28 bits per heavy atom. The fourth-order valence-corrected chi connectivity index (χ4v) is 2.91. The first-order valence-electron chi connectivity index (χ1n) is 6.09. The second-order valence-electron chi connectivity index (χ2n) is 4.88. The molecular weight excluding hydrogens is 266 g/mol. The summed E-state index contributed by atoms with van der Waals surface area (Å²) in [6.45, 7) is 5.02. The number of thiophene rings is 1. The molecule has 3 nitrogen and oxygen atoms in total. The third-order valence-electron chi connectivity index (χ3n) is 2.90. The van der Waals surface area contributed by atoms with Gasteiger partial charge in [0.1, 0.15) is 5.82 Å². The van der Waals surface area contributed by atoms with Crippen LogP contribution in [0.5, 0.6) is 0 Å². The van der Waals surface area contributed by atoms with Gasteiger partial charge in [0.05, 0.1) is 16.2 Å². The highest BCUT2D eigenvalue weighted by atomic mass is 35.5. The molecule has 0 aliphatic heterocycles. The van der Waals surface area contributed by atoms with Crippen LogP contribution in [0.25, 0.3) is 11.3 Å². The van der Waals surface area contributed by atoms with Crippen molar-refractivity contribution in [3.05, 3.63) is 27.8 Å². The molecule has 5 heteroatoms. The van der Waals surface area contributed by atoms with E-state index in [9.17, 15) is 0 Å². The fourth-order valence-electron chi connectivity index (χ4n) is 2.03. The van der Waals surface area contributed by atoms with E-state index in [1.54, 1.807) is 0 Å². The van der Waals surface area contributed by atoms with Crippen molar-refractivity contribution in [1.29, 1.82) is 0 Å². The highest BCUT2D eigenvalue weighted by Crippen LogP contribution is 2.29. The number of nitrogens with one attached hydrogen (secondary N) is 1. The lowest BCUT2D eigenvalue weighted by molar-refractivity contribution is 0.490. The quantitative estimate of drug-likeness (QED) is 0.875. The summed E-state index contributed by atoms with van der Waals surface area (Å²) >= 11 is 7.47. The molecule has 0 aliphatic carbocycles. The molecule has 2 aromatic rings. The molecule has 0 amide bonds. The lowest BCUT2D eigenvalue weighted by Gasteiger charge is -2.14. The zero-order valence-electron chi connectivity index (χ0n) is 10.6. The van der Waals surface area contributed by atoms with Crippen LogP contribution in [0.3, 0.4) is 0 Å². The second kappa shape index (κ2) is 5.87. The van der Waals surface area contributed by atoms with Gasteiger partial charge >= 0.3 is 0 Å². The number of aromatic amines is 1. The van der Waals surface area contributed by atoms with Crippen molar-refractivity contribution in [3.8, 4) is 11.3 Å². The topological polar surface area (TPSA) is 54.7 Å². The van der Waals surface area contributed by atoms with Gasteiger partial charge in [-0.05, 0) is 18.4 Å². The van der Waals surface area contributed by atoms with Crippen molar-refractivity contribution in [3.63, 3.8) is 0 Å². The lowest BCUT2D eigenvalue weighted by Crippen LogP contribution is -2.15. The van der Waals surface area contributed by atoms with E-state index in [0.717, 1.165) is 27.8 Å². The Balaban J connectivity index is 2.18. The summed E-state index contributed by atoms with van der Waals surface area (Å²) in [5.41, 5.74) is 7.92. The molecular formula is C13H18ClN3S. The molecule has 0 bridgehead atoms. The van der Waals surface area contributed by atoms with Crippen molar-refractivity contribution < 1.29 is 0 Å². The number of nitrogens with zero attached hydrogens (tertiary/aromatic N) is 1. The number of hydrogen-bond acceptors (Lipinski definition) is 3. The number of nitrogens with two attached hydrogens (primary N) is 1. The number of H-pyrrole nitrogens is 1. The minimum absolute atomic E-state index is 0.299. The monoisotopic (exact) mass is 283 g/mol. The van der Waals surface area contributed by atoms with E-state index in [1.807, 2.05) is 17.6 Å². The molecule has 2 heterocycles. The van der Waals surface area contributed by atoms with Crippen molar-refractivity contribution in [1.82, 2.24) is 9.97 Å². The fraction of sp³-hybridized carbons (Fsp3) is 0.462. The van der Waals surface area contributed by atoms with Crippen LogP contribution in [0.2, 0.25) is 4.34 Å². The Kier molecular flexibility index (Phi) is 4.43. The third-order valence-corrected chi connectivity index (χ3v) is 3.99. The minimum Gasteiger partial charge on any atom is -0.342 e. The summed E-state index contributed by atoms with van der Waals surface area (Å²) in [7, 11) is 0. The van der Waals surface area contributed by atoms with Gasteiger partial charge in [-0.25, -0.2) is 4.98 Å². The second-order valence-corrected chi connectivity index (χ2v) is 6.43. The van der Waals surface area contributed by atoms with Gasteiger partial charge in [-0.2, -0.15) is 0 Å². The number of imidazole rings is 1. The van der Waals surface area contributed by atoms with Gasteiger partial charge in [-0.1, -0.05) is 25.4 Å². The van der Waals surface area contributed by atoms with E-state index in [-0.39, 0.29) is 0 Å². The average Bonchev–Trinajstić information content (AvgIpc) is 2.93. The summed E-state index contributed by atoms with van der Waals surface area (Å²) in [4.78, 5) is 7.81. The number of rotatable bonds is 5. The van der Waals surface area contributed by atoms with Gasteiger partial charge < -0.3 is 10.7 Å². The minimum atomic E-state index is 0.299. The average molecular weight is 284 g/mol. The zero-order valence-corrected chi connectivity index (χ0v) is 12.2.